The Morgan fingerprint density at radius 3 is 2.87 bits per heavy atom. The van der Waals surface area contributed by atoms with E-state index >= 15 is 0 Å². The first-order chi connectivity index (χ1) is 10.7. The van der Waals surface area contributed by atoms with Gasteiger partial charge in [0.1, 0.15) is 11.7 Å². The molecule has 0 fully saturated rings. The van der Waals surface area contributed by atoms with Gasteiger partial charge in [0.2, 0.25) is 0 Å². The van der Waals surface area contributed by atoms with Crippen LogP contribution in [0.25, 0.3) is 0 Å². The molecule has 2 heterocycles. The number of halogens is 4. The molecule has 0 aromatic carbocycles. The molecule has 1 amide bonds. The normalized spacial score (nSPS) is 16.2. The minimum Gasteiger partial charge on any atom is -0.369 e. The van der Waals surface area contributed by atoms with Gasteiger partial charge in [0.25, 0.3) is 5.91 Å². The molecular formula is C14H18ClF3N4O. The Labute approximate surface area is 137 Å². The van der Waals surface area contributed by atoms with E-state index in [1.54, 1.807) is 6.07 Å². The fourth-order valence-corrected chi connectivity index (χ4v) is 2.51. The lowest BCUT2D eigenvalue weighted by Gasteiger charge is -2.23. The third-order valence-electron chi connectivity index (χ3n) is 3.63. The Morgan fingerprint density at radius 1 is 1.57 bits per heavy atom. The van der Waals surface area contributed by atoms with Crippen molar-refractivity contribution in [1.29, 1.82) is 0 Å². The Morgan fingerprint density at radius 2 is 2.26 bits per heavy atom. The van der Waals surface area contributed by atoms with E-state index in [1.807, 2.05) is 17.1 Å². The van der Waals surface area contributed by atoms with Gasteiger partial charge in [0, 0.05) is 19.6 Å². The molecule has 1 aliphatic rings. The minimum absolute atomic E-state index is 0.0257. The van der Waals surface area contributed by atoms with Gasteiger partial charge in [0.05, 0.1) is 10.7 Å². The SMILES string of the molecule is CCN1CCCNc2nc(C(=O)N[C@H](C)C(F)(F)F)c(Cl)cc21. The van der Waals surface area contributed by atoms with Crippen LogP contribution in [-0.4, -0.2) is 42.7 Å². The summed E-state index contributed by atoms with van der Waals surface area (Å²) in [4.78, 5) is 18.2. The Kier molecular flexibility index (Phi) is 5.23. The first-order valence-corrected chi connectivity index (χ1v) is 7.68. The standard InChI is InChI=1S/C14H18ClF3N4O/c1-3-22-6-4-5-19-12-10(22)7-9(15)11(21-12)13(23)20-8(2)14(16,17)18/h7-8H,3-6H2,1-2H3,(H,19,21)(H,20,23)/t8-/m1/s1. The van der Waals surface area contributed by atoms with Gasteiger partial charge in [-0.05, 0) is 26.3 Å². The van der Waals surface area contributed by atoms with Crippen molar-refractivity contribution in [2.45, 2.75) is 32.5 Å². The molecule has 1 aromatic rings. The maximum atomic E-state index is 12.6. The van der Waals surface area contributed by atoms with E-state index in [9.17, 15) is 18.0 Å². The summed E-state index contributed by atoms with van der Waals surface area (Å²) >= 11 is 6.07. The smallest absolute Gasteiger partial charge is 0.369 e. The second-order valence-corrected chi connectivity index (χ2v) is 5.69. The number of fused-ring (bicyclic) bond motifs is 1. The van der Waals surface area contributed by atoms with Crippen LogP contribution in [0.4, 0.5) is 24.7 Å². The minimum atomic E-state index is -4.52. The van der Waals surface area contributed by atoms with Crippen LogP contribution < -0.4 is 15.5 Å². The van der Waals surface area contributed by atoms with E-state index in [-0.39, 0.29) is 10.7 Å². The Balaban J connectivity index is 2.30. The lowest BCUT2D eigenvalue weighted by molar-refractivity contribution is -0.149. The number of aromatic nitrogens is 1. The van der Waals surface area contributed by atoms with E-state index in [0.717, 1.165) is 32.1 Å². The number of nitrogens with one attached hydrogen (secondary N) is 2. The van der Waals surface area contributed by atoms with Crippen molar-refractivity contribution in [2.24, 2.45) is 0 Å². The third-order valence-corrected chi connectivity index (χ3v) is 3.92. The van der Waals surface area contributed by atoms with Gasteiger partial charge in [-0.1, -0.05) is 11.6 Å². The van der Waals surface area contributed by atoms with E-state index < -0.39 is 18.1 Å². The number of rotatable bonds is 3. The van der Waals surface area contributed by atoms with Crippen molar-refractivity contribution in [2.75, 3.05) is 29.9 Å². The maximum absolute atomic E-state index is 12.6. The zero-order chi connectivity index (χ0) is 17.2. The van der Waals surface area contributed by atoms with Gasteiger partial charge < -0.3 is 15.5 Å². The molecule has 0 radical (unpaired) electrons. The van der Waals surface area contributed by atoms with Crippen LogP contribution in [0.5, 0.6) is 0 Å². The largest absolute Gasteiger partial charge is 0.408 e. The third kappa shape index (κ3) is 3.99. The van der Waals surface area contributed by atoms with Crippen LogP contribution in [0.3, 0.4) is 0 Å². The summed E-state index contributed by atoms with van der Waals surface area (Å²) in [6, 6.07) is -0.412. The van der Waals surface area contributed by atoms with Crippen molar-refractivity contribution in [3.63, 3.8) is 0 Å². The summed E-state index contributed by atoms with van der Waals surface area (Å²) in [6.45, 7) is 5.06. The molecule has 0 saturated carbocycles. The molecule has 1 atom stereocenters. The Hall–Kier alpha value is -1.70. The van der Waals surface area contributed by atoms with Gasteiger partial charge in [0.15, 0.2) is 5.82 Å². The van der Waals surface area contributed by atoms with Crippen molar-refractivity contribution in [1.82, 2.24) is 10.3 Å². The number of carbonyl (C=O) groups excluding carboxylic acids is 1. The summed E-state index contributed by atoms with van der Waals surface area (Å²) in [7, 11) is 0. The van der Waals surface area contributed by atoms with E-state index in [1.165, 1.54) is 0 Å². The highest BCUT2D eigenvalue weighted by Gasteiger charge is 2.37. The zero-order valence-electron chi connectivity index (χ0n) is 12.8. The topological polar surface area (TPSA) is 57.3 Å². The highest BCUT2D eigenvalue weighted by Crippen LogP contribution is 2.31. The van der Waals surface area contributed by atoms with Crippen LogP contribution in [0.2, 0.25) is 5.02 Å². The number of pyridine rings is 1. The number of hydrogen-bond donors (Lipinski definition) is 2. The summed E-state index contributed by atoms with van der Waals surface area (Å²) in [5.41, 5.74) is 0.530. The predicted octanol–water partition coefficient (Wildman–Crippen LogP) is 3.06. The zero-order valence-corrected chi connectivity index (χ0v) is 13.6. The van der Waals surface area contributed by atoms with Crippen LogP contribution in [0.1, 0.15) is 30.8 Å². The molecule has 0 spiro atoms. The van der Waals surface area contributed by atoms with Crippen molar-refractivity contribution < 1.29 is 18.0 Å². The molecule has 5 nitrogen and oxygen atoms in total. The molecule has 0 bridgehead atoms. The van der Waals surface area contributed by atoms with Crippen LogP contribution in [0.15, 0.2) is 6.07 Å². The molecule has 0 aliphatic carbocycles. The number of nitrogens with zero attached hydrogens (tertiary/aromatic N) is 2. The molecule has 0 saturated heterocycles. The van der Waals surface area contributed by atoms with Crippen LogP contribution in [-0.2, 0) is 0 Å². The van der Waals surface area contributed by atoms with Gasteiger partial charge >= 0.3 is 6.18 Å². The van der Waals surface area contributed by atoms with Gasteiger partial charge in [-0.25, -0.2) is 4.98 Å². The molecular weight excluding hydrogens is 333 g/mol. The first-order valence-electron chi connectivity index (χ1n) is 7.31. The fourth-order valence-electron chi connectivity index (χ4n) is 2.28. The van der Waals surface area contributed by atoms with Crippen molar-refractivity contribution in [3.8, 4) is 0 Å². The van der Waals surface area contributed by atoms with E-state index in [0.29, 0.717) is 12.4 Å². The van der Waals surface area contributed by atoms with Crippen molar-refractivity contribution in [3.05, 3.63) is 16.8 Å². The lowest BCUT2D eigenvalue weighted by Crippen LogP contribution is -2.43. The molecule has 9 heteroatoms. The summed E-state index contributed by atoms with van der Waals surface area (Å²) in [5.74, 6) is -0.490. The van der Waals surface area contributed by atoms with Crippen LogP contribution >= 0.6 is 11.6 Å². The molecule has 2 rings (SSSR count). The van der Waals surface area contributed by atoms with Crippen molar-refractivity contribution >= 4 is 29.0 Å². The number of amides is 1. The van der Waals surface area contributed by atoms with E-state index in [2.05, 4.69) is 10.3 Å². The average Bonchev–Trinajstić information content (AvgIpc) is 2.66. The number of alkyl halides is 3. The molecule has 23 heavy (non-hydrogen) atoms. The highest BCUT2D eigenvalue weighted by atomic mass is 35.5. The molecule has 1 aliphatic heterocycles. The summed E-state index contributed by atoms with van der Waals surface area (Å²) < 4.78 is 37.7. The molecule has 0 unspecified atom stereocenters. The van der Waals surface area contributed by atoms with Gasteiger partial charge in [-0.15, -0.1) is 0 Å². The second kappa shape index (κ2) is 6.82. The van der Waals surface area contributed by atoms with Crippen LogP contribution in [0, 0.1) is 0 Å². The number of hydrogen-bond acceptors (Lipinski definition) is 4. The molecule has 1 aromatic heterocycles. The number of anilines is 2. The lowest BCUT2D eigenvalue weighted by atomic mass is 10.2. The highest BCUT2D eigenvalue weighted by molar-refractivity contribution is 6.34. The first kappa shape index (κ1) is 17.7. The Bertz CT molecular complexity index is 594. The second-order valence-electron chi connectivity index (χ2n) is 5.28. The average molecular weight is 351 g/mol. The molecule has 128 valence electrons. The maximum Gasteiger partial charge on any atom is 0.408 e. The van der Waals surface area contributed by atoms with Gasteiger partial charge in [-0.3, -0.25) is 4.79 Å². The summed E-state index contributed by atoms with van der Waals surface area (Å²) in [5, 5.41) is 4.98. The predicted molar refractivity (Wildman–Crippen MR) is 83.2 cm³/mol. The molecule has 2 N–H and O–H groups in total. The number of carbonyl (C=O) groups is 1. The van der Waals surface area contributed by atoms with E-state index in [4.69, 9.17) is 11.6 Å². The quantitative estimate of drug-likeness (QED) is 0.879. The fraction of sp³-hybridized carbons (Fsp3) is 0.571. The summed E-state index contributed by atoms with van der Waals surface area (Å²) in [6.07, 6.45) is -3.64. The monoisotopic (exact) mass is 350 g/mol. The van der Waals surface area contributed by atoms with Gasteiger partial charge in [-0.2, -0.15) is 13.2 Å².